The van der Waals surface area contributed by atoms with Gasteiger partial charge in [0.1, 0.15) is 6.04 Å². The molecule has 0 aromatic heterocycles. The molecule has 0 fully saturated rings. The maximum Gasteiger partial charge on any atom is 0.242 e. The SMILES string of the molecule is CC(O)CCC(=O)NC(C)C(=O)NC(C)C. The van der Waals surface area contributed by atoms with Crippen molar-refractivity contribution in [3.8, 4) is 0 Å². The summed E-state index contributed by atoms with van der Waals surface area (Å²) in [5, 5.41) is 14.3. The lowest BCUT2D eigenvalue weighted by Gasteiger charge is -2.16. The fourth-order valence-electron chi connectivity index (χ4n) is 1.13. The first-order valence-corrected chi connectivity index (χ1v) is 5.60. The highest BCUT2D eigenvalue weighted by Crippen LogP contribution is 1.96. The monoisotopic (exact) mass is 230 g/mol. The van der Waals surface area contributed by atoms with Crippen molar-refractivity contribution in [3.63, 3.8) is 0 Å². The van der Waals surface area contributed by atoms with E-state index < -0.39 is 12.1 Å². The molecule has 5 nitrogen and oxygen atoms in total. The predicted octanol–water partition coefficient (Wildman–Crippen LogP) is 0.177. The van der Waals surface area contributed by atoms with E-state index in [-0.39, 0.29) is 24.3 Å². The minimum atomic E-state index is -0.538. The van der Waals surface area contributed by atoms with E-state index in [9.17, 15) is 9.59 Å². The second-order valence-corrected chi connectivity index (χ2v) is 4.34. The largest absolute Gasteiger partial charge is 0.393 e. The lowest BCUT2D eigenvalue weighted by molar-refractivity contribution is -0.129. The van der Waals surface area contributed by atoms with E-state index in [2.05, 4.69) is 10.6 Å². The van der Waals surface area contributed by atoms with Crippen LogP contribution in [0.2, 0.25) is 0 Å². The van der Waals surface area contributed by atoms with E-state index in [4.69, 9.17) is 5.11 Å². The average molecular weight is 230 g/mol. The van der Waals surface area contributed by atoms with E-state index in [1.165, 1.54) is 0 Å². The number of aliphatic hydroxyl groups is 1. The summed E-state index contributed by atoms with van der Waals surface area (Å²) < 4.78 is 0. The Bertz CT molecular complexity index is 239. The van der Waals surface area contributed by atoms with E-state index >= 15 is 0 Å². The molecular formula is C11H22N2O3. The molecule has 0 bridgehead atoms. The highest BCUT2D eigenvalue weighted by molar-refractivity contribution is 5.87. The fourth-order valence-corrected chi connectivity index (χ4v) is 1.13. The summed E-state index contributed by atoms with van der Waals surface area (Å²) in [4.78, 5) is 22.8. The molecule has 0 heterocycles. The predicted molar refractivity (Wildman–Crippen MR) is 61.8 cm³/mol. The first-order chi connectivity index (χ1) is 7.32. The molecule has 5 heteroatoms. The van der Waals surface area contributed by atoms with Crippen LogP contribution in [0.25, 0.3) is 0 Å². The van der Waals surface area contributed by atoms with Gasteiger partial charge in [0.2, 0.25) is 11.8 Å². The average Bonchev–Trinajstić information content (AvgIpc) is 2.13. The number of aliphatic hydroxyl groups excluding tert-OH is 1. The van der Waals surface area contributed by atoms with Gasteiger partial charge >= 0.3 is 0 Å². The molecule has 0 aliphatic heterocycles. The molecule has 2 atom stereocenters. The van der Waals surface area contributed by atoms with Gasteiger partial charge in [-0.15, -0.1) is 0 Å². The summed E-state index contributed by atoms with van der Waals surface area (Å²) in [6, 6.07) is -0.479. The molecule has 16 heavy (non-hydrogen) atoms. The van der Waals surface area contributed by atoms with E-state index in [0.717, 1.165) is 0 Å². The third-order valence-corrected chi connectivity index (χ3v) is 1.99. The minimum absolute atomic E-state index is 0.0596. The summed E-state index contributed by atoms with van der Waals surface area (Å²) >= 11 is 0. The topological polar surface area (TPSA) is 78.4 Å². The highest BCUT2D eigenvalue weighted by atomic mass is 16.3. The number of hydrogen-bond donors (Lipinski definition) is 3. The van der Waals surface area contributed by atoms with Gasteiger partial charge in [0.05, 0.1) is 6.10 Å². The molecule has 2 unspecified atom stereocenters. The number of nitrogens with one attached hydrogen (secondary N) is 2. The van der Waals surface area contributed by atoms with Gasteiger partial charge in [-0.1, -0.05) is 0 Å². The Morgan fingerprint density at radius 2 is 1.69 bits per heavy atom. The molecule has 0 aromatic carbocycles. The van der Waals surface area contributed by atoms with Crippen molar-refractivity contribution >= 4 is 11.8 Å². The van der Waals surface area contributed by atoms with Gasteiger partial charge < -0.3 is 15.7 Å². The van der Waals surface area contributed by atoms with Crippen LogP contribution in [0.4, 0.5) is 0 Å². The summed E-state index contributed by atoms with van der Waals surface area (Å²) in [5.41, 5.74) is 0. The van der Waals surface area contributed by atoms with Crippen molar-refractivity contribution in [2.24, 2.45) is 0 Å². The lowest BCUT2D eigenvalue weighted by atomic mass is 10.2. The molecule has 0 rings (SSSR count). The molecule has 0 spiro atoms. The highest BCUT2D eigenvalue weighted by Gasteiger charge is 2.15. The van der Waals surface area contributed by atoms with Crippen molar-refractivity contribution < 1.29 is 14.7 Å². The van der Waals surface area contributed by atoms with Gasteiger partial charge in [-0.25, -0.2) is 0 Å². The zero-order valence-corrected chi connectivity index (χ0v) is 10.4. The molecule has 0 aliphatic rings. The van der Waals surface area contributed by atoms with Crippen LogP contribution in [0, 0.1) is 0 Å². The number of rotatable bonds is 6. The number of carbonyl (C=O) groups excluding carboxylic acids is 2. The standard InChI is InChI=1S/C11H22N2O3/c1-7(2)12-11(16)9(4)13-10(15)6-5-8(3)14/h7-9,14H,5-6H2,1-4H3,(H,12,16)(H,13,15). The summed E-state index contributed by atoms with van der Waals surface area (Å²) in [5.74, 6) is -0.410. The molecule has 3 N–H and O–H groups in total. The normalized spacial score (nSPS) is 14.4. The van der Waals surface area contributed by atoms with Gasteiger partial charge in [0.25, 0.3) is 0 Å². The number of carbonyl (C=O) groups is 2. The van der Waals surface area contributed by atoms with E-state index in [1.54, 1.807) is 13.8 Å². The molecule has 0 radical (unpaired) electrons. The van der Waals surface area contributed by atoms with Gasteiger partial charge in [-0.3, -0.25) is 9.59 Å². The zero-order valence-electron chi connectivity index (χ0n) is 10.4. The van der Waals surface area contributed by atoms with Gasteiger partial charge in [-0.2, -0.15) is 0 Å². The van der Waals surface area contributed by atoms with Crippen LogP contribution in [0.5, 0.6) is 0 Å². The second-order valence-electron chi connectivity index (χ2n) is 4.34. The Kier molecular flexibility index (Phi) is 6.72. The zero-order chi connectivity index (χ0) is 12.7. The summed E-state index contributed by atoms with van der Waals surface area (Å²) in [6.45, 7) is 6.99. The van der Waals surface area contributed by atoms with Crippen molar-refractivity contribution in [1.29, 1.82) is 0 Å². The van der Waals surface area contributed by atoms with Crippen LogP contribution >= 0.6 is 0 Å². The van der Waals surface area contributed by atoms with E-state index in [0.29, 0.717) is 6.42 Å². The van der Waals surface area contributed by atoms with Crippen molar-refractivity contribution in [3.05, 3.63) is 0 Å². The smallest absolute Gasteiger partial charge is 0.242 e. The van der Waals surface area contributed by atoms with Crippen molar-refractivity contribution in [2.45, 2.75) is 58.7 Å². The second kappa shape index (κ2) is 7.22. The van der Waals surface area contributed by atoms with Crippen LogP contribution < -0.4 is 10.6 Å². The van der Waals surface area contributed by atoms with E-state index in [1.807, 2.05) is 13.8 Å². The molecule has 0 saturated carbocycles. The van der Waals surface area contributed by atoms with Crippen LogP contribution in [-0.2, 0) is 9.59 Å². The van der Waals surface area contributed by atoms with Crippen LogP contribution in [-0.4, -0.2) is 35.1 Å². The van der Waals surface area contributed by atoms with Crippen LogP contribution in [0.3, 0.4) is 0 Å². The van der Waals surface area contributed by atoms with Crippen molar-refractivity contribution in [1.82, 2.24) is 10.6 Å². The Labute approximate surface area is 96.6 Å². The lowest BCUT2D eigenvalue weighted by Crippen LogP contribution is -2.46. The third kappa shape index (κ3) is 7.23. The van der Waals surface area contributed by atoms with Crippen LogP contribution in [0.15, 0.2) is 0 Å². The van der Waals surface area contributed by atoms with Crippen molar-refractivity contribution in [2.75, 3.05) is 0 Å². The fraction of sp³-hybridized carbons (Fsp3) is 0.818. The molecule has 0 aliphatic carbocycles. The maximum atomic E-state index is 11.5. The van der Waals surface area contributed by atoms with Crippen LogP contribution in [0.1, 0.15) is 40.5 Å². The summed E-state index contributed by atoms with van der Waals surface area (Å²) in [6.07, 6.45) is 0.145. The minimum Gasteiger partial charge on any atom is -0.393 e. The quantitative estimate of drug-likeness (QED) is 0.609. The molecule has 0 saturated heterocycles. The number of amides is 2. The van der Waals surface area contributed by atoms with Gasteiger partial charge in [0.15, 0.2) is 0 Å². The molecule has 2 amide bonds. The third-order valence-electron chi connectivity index (χ3n) is 1.99. The Morgan fingerprint density at radius 3 is 2.12 bits per heavy atom. The van der Waals surface area contributed by atoms with Gasteiger partial charge in [-0.05, 0) is 34.1 Å². The van der Waals surface area contributed by atoms with Gasteiger partial charge in [0, 0.05) is 12.5 Å². The molecular weight excluding hydrogens is 208 g/mol. The molecule has 94 valence electrons. The Hall–Kier alpha value is -1.10. The first-order valence-electron chi connectivity index (χ1n) is 5.60. The Morgan fingerprint density at radius 1 is 1.12 bits per heavy atom. The first kappa shape index (κ1) is 14.9. The molecule has 0 aromatic rings. The summed E-state index contributed by atoms with van der Waals surface area (Å²) in [7, 11) is 0. The number of hydrogen-bond acceptors (Lipinski definition) is 3. The Balaban J connectivity index is 3.90. The maximum absolute atomic E-state index is 11.5.